The largest absolute Gasteiger partial charge is 0.326 e. The minimum Gasteiger partial charge on any atom is -0.326 e. The van der Waals surface area contributed by atoms with E-state index in [1.165, 1.54) is 36.8 Å². The zero-order chi connectivity index (χ0) is 9.52. The third-order valence-electron chi connectivity index (χ3n) is 2.33. The first-order chi connectivity index (χ1) is 6.36. The average Bonchev–Trinajstić information content (AvgIpc) is 2.19. The molecule has 2 N–H and O–H groups in total. The van der Waals surface area contributed by atoms with Crippen molar-refractivity contribution in [1.82, 2.24) is 0 Å². The number of hydrogen-bond donors (Lipinski definition) is 1. The van der Waals surface area contributed by atoms with Crippen molar-refractivity contribution in [2.75, 3.05) is 0 Å². The van der Waals surface area contributed by atoms with Crippen molar-refractivity contribution in [2.45, 2.75) is 39.2 Å². The van der Waals surface area contributed by atoms with Crippen molar-refractivity contribution in [3.63, 3.8) is 0 Å². The Balaban J connectivity index is 0.00000169. The predicted molar refractivity (Wildman–Crippen MR) is 64.8 cm³/mol. The lowest BCUT2D eigenvalue weighted by molar-refractivity contribution is 0.717. The van der Waals surface area contributed by atoms with Gasteiger partial charge in [-0.05, 0) is 24.0 Å². The van der Waals surface area contributed by atoms with Crippen molar-refractivity contribution in [1.29, 1.82) is 0 Å². The second kappa shape index (κ2) is 7.84. The lowest BCUT2D eigenvalue weighted by Crippen LogP contribution is -1.96. The van der Waals surface area contributed by atoms with Crippen LogP contribution in [0.2, 0.25) is 0 Å². The molecule has 0 saturated carbocycles. The smallest absolute Gasteiger partial charge is 0.0178 e. The maximum atomic E-state index is 5.52. The summed E-state index contributed by atoms with van der Waals surface area (Å²) in [4.78, 5) is 0. The topological polar surface area (TPSA) is 26.0 Å². The number of aryl methyl sites for hydroxylation is 1. The lowest BCUT2D eigenvalue weighted by atomic mass is 10.1. The zero-order valence-electron chi connectivity index (χ0n) is 8.83. The summed E-state index contributed by atoms with van der Waals surface area (Å²) in [7, 11) is 0. The van der Waals surface area contributed by atoms with Gasteiger partial charge < -0.3 is 5.73 Å². The summed E-state index contributed by atoms with van der Waals surface area (Å²) < 4.78 is 0. The second-order valence-electron chi connectivity index (χ2n) is 3.48. The number of halogens is 1. The summed E-state index contributed by atoms with van der Waals surface area (Å²) >= 11 is 0. The van der Waals surface area contributed by atoms with Crippen molar-refractivity contribution in [3.8, 4) is 0 Å². The number of benzene rings is 1. The highest BCUT2D eigenvalue weighted by molar-refractivity contribution is 5.85. The van der Waals surface area contributed by atoms with Crippen LogP contribution >= 0.6 is 12.4 Å². The van der Waals surface area contributed by atoms with Gasteiger partial charge in [-0.25, -0.2) is 0 Å². The Bertz CT molecular complexity index is 231. The van der Waals surface area contributed by atoms with Crippen LogP contribution in [0.4, 0.5) is 0 Å². The van der Waals surface area contributed by atoms with Gasteiger partial charge in [-0.3, -0.25) is 0 Å². The van der Waals surface area contributed by atoms with E-state index in [1.807, 2.05) is 0 Å². The standard InChI is InChI=1S/C12H19N.ClH/c1-2-3-4-5-11-6-8-12(10-13)9-7-11;/h6-9H,2-5,10,13H2,1H3;1H. The molecule has 0 atom stereocenters. The van der Waals surface area contributed by atoms with Gasteiger partial charge in [0.05, 0.1) is 0 Å². The van der Waals surface area contributed by atoms with E-state index in [4.69, 9.17) is 5.73 Å². The summed E-state index contributed by atoms with van der Waals surface area (Å²) in [6, 6.07) is 8.64. The molecule has 1 rings (SSSR count). The fourth-order valence-electron chi connectivity index (χ4n) is 1.42. The molecular weight excluding hydrogens is 194 g/mol. The van der Waals surface area contributed by atoms with Crippen molar-refractivity contribution < 1.29 is 0 Å². The Labute approximate surface area is 93.1 Å². The molecule has 1 aromatic carbocycles. The molecule has 0 amide bonds. The van der Waals surface area contributed by atoms with Crippen LogP contribution in [-0.2, 0) is 13.0 Å². The number of rotatable bonds is 5. The van der Waals surface area contributed by atoms with Gasteiger partial charge in [0.25, 0.3) is 0 Å². The molecule has 0 aliphatic heterocycles. The van der Waals surface area contributed by atoms with Gasteiger partial charge in [-0.15, -0.1) is 12.4 Å². The predicted octanol–water partition coefficient (Wildman–Crippen LogP) is 3.30. The van der Waals surface area contributed by atoms with Crippen LogP contribution < -0.4 is 5.73 Å². The van der Waals surface area contributed by atoms with Gasteiger partial charge in [-0.2, -0.15) is 0 Å². The first-order valence-corrected chi connectivity index (χ1v) is 5.14. The highest BCUT2D eigenvalue weighted by Crippen LogP contribution is 2.08. The van der Waals surface area contributed by atoms with Crippen LogP contribution in [0, 0.1) is 0 Å². The van der Waals surface area contributed by atoms with E-state index in [1.54, 1.807) is 0 Å². The van der Waals surface area contributed by atoms with Gasteiger partial charge in [0.1, 0.15) is 0 Å². The third kappa shape index (κ3) is 4.64. The molecule has 80 valence electrons. The zero-order valence-corrected chi connectivity index (χ0v) is 9.65. The SMILES string of the molecule is CCCCCc1ccc(CN)cc1.Cl. The molecule has 0 bridgehead atoms. The van der Waals surface area contributed by atoms with E-state index < -0.39 is 0 Å². The monoisotopic (exact) mass is 213 g/mol. The van der Waals surface area contributed by atoms with Gasteiger partial charge >= 0.3 is 0 Å². The minimum absolute atomic E-state index is 0. The first-order valence-electron chi connectivity index (χ1n) is 5.14. The fraction of sp³-hybridized carbons (Fsp3) is 0.500. The quantitative estimate of drug-likeness (QED) is 0.747. The van der Waals surface area contributed by atoms with Crippen LogP contribution in [0.5, 0.6) is 0 Å². The maximum Gasteiger partial charge on any atom is 0.0178 e. The molecule has 14 heavy (non-hydrogen) atoms. The van der Waals surface area contributed by atoms with Crippen LogP contribution in [0.15, 0.2) is 24.3 Å². The molecule has 0 fully saturated rings. The Hall–Kier alpha value is -0.530. The van der Waals surface area contributed by atoms with Crippen molar-refractivity contribution >= 4 is 12.4 Å². The van der Waals surface area contributed by atoms with Gasteiger partial charge in [0.15, 0.2) is 0 Å². The summed E-state index contributed by atoms with van der Waals surface area (Å²) in [5.41, 5.74) is 8.18. The van der Waals surface area contributed by atoms with Crippen LogP contribution in [0.3, 0.4) is 0 Å². The Kier molecular flexibility index (Phi) is 7.54. The van der Waals surface area contributed by atoms with Crippen LogP contribution in [-0.4, -0.2) is 0 Å². The molecule has 0 aliphatic rings. The van der Waals surface area contributed by atoms with Crippen LogP contribution in [0.25, 0.3) is 0 Å². The average molecular weight is 214 g/mol. The molecule has 1 aromatic rings. The lowest BCUT2D eigenvalue weighted by Gasteiger charge is -2.01. The van der Waals surface area contributed by atoms with E-state index >= 15 is 0 Å². The summed E-state index contributed by atoms with van der Waals surface area (Å²) in [6.07, 6.45) is 5.14. The third-order valence-corrected chi connectivity index (χ3v) is 2.33. The Morgan fingerprint density at radius 1 is 1.00 bits per heavy atom. The molecule has 0 radical (unpaired) electrons. The summed E-state index contributed by atoms with van der Waals surface area (Å²) in [5, 5.41) is 0. The second-order valence-corrected chi connectivity index (χ2v) is 3.48. The maximum absolute atomic E-state index is 5.52. The number of nitrogens with two attached hydrogens (primary N) is 1. The fourth-order valence-corrected chi connectivity index (χ4v) is 1.42. The Morgan fingerprint density at radius 3 is 2.07 bits per heavy atom. The van der Waals surface area contributed by atoms with Gasteiger partial charge in [0, 0.05) is 6.54 Å². The van der Waals surface area contributed by atoms with E-state index in [0.717, 1.165) is 0 Å². The van der Waals surface area contributed by atoms with Gasteiger partial charge in [0.2, 0.25) is 0 Å². The highest BCUT2D eigenvalue weighted by atomic mass is 35.5. The van der Waals surface area contributed by atoms with Crippen LogP contribution in [0.1, 0.15) is 37.3 Å². The molecule has 0 heterocycles. The van der Waals surface area contributed by atoms with Crippen molar-refractivity contribution in [2.24, 2.45) is 5.73 Å². The molecule has 0 spiro atoms. The number of unbranched alkanes of at least 4 members (excludes halogenated alkanes) is 2. The molecule has 1 nitrogen and oxygen atoms in total. The summed E-state index contributed by atoms with van der Waals surface area (Å²) in [5.74, 6) is 0. The van der Waals surface area contributed by atoms with Crippen molar-refractivity contribution in [3.05, 3.63) is 35.4 Å². The molecule has 2 heteroatoms. The van der Waals surface area contributed by atoms with Gasteiger partial charge in [-0.1, -0.05) is 44.0 Å². The molecular formula is C12H20ClN. The summed E-state index contributed by atoms with van der Waals surface area (Å²) in [6.45, 7) is 2.88. The molecule has 0 aromatic heterocycles. The highest BCUT2D eigenvalue weighted by Gasteiger charge is 1.93. The minimum atomic E-state index is 0. The molecule has 0 unspecified atom stereocenters. The molecule has 0 saturated heterocycles. The van der Waals surface area contributed by atoms with E-state index in [0.29, 0.717) is 6.54 Å². The first kappa shape index (κ1) is 13.5. The van der Waals surface area contributed by atoms with E-state index in [-0.39, 0.29) is 12.4 Å². The molecule has 0 aliphatic carbocycles. The number of hydrogen-bond acceptors (Lipinski definition) is 1. The Morgan fingerprint density at radius 2 is 1.57 bits per heavy atom. The van der Waals surface area contributed by atoms with E-state index in [2.05, 4.69) is 31.2 Å². The van der Waals surface area contributed by atoms with E-state index in [9.17, 15) is 0 Å². The normalized spacial score (nSPS) is 9.57.